The first-order valence-electron chi connectivity index (χ1n) is 5.52. The first-order chi connectivity index (χ1) is 8.04. The third-order valence-electron chi connectivity index (χ3n) is 3.03. The van der Waals surface area contributed by atoms with E-state index in [2.05, 4.69) is 4.90 Å². The van der Waals surface area contributed by atoms with Gasteiger partial charge in [-0.3, -0.25) is 9.29 Å². The molecule has 90 valence electrons. The Morgan fingerprint density at radius 2 is 2.12 bits per heavy atom. The van der Waals surface area contributed by atoms with Gasteiger partial charge < -0.3 is 0 Å². The maximum Gasteiger partial charge on any atom is 0.124 e. The normalized spacial score (nSPS) is 18.5. The Labute approximate surface area is 99.5 Å². The molecule has 17 heavy (non-hydrogen) atoms. The monoisotopic (exact) mass is 236 g/mol. The van der Waals surface area contributed by atoms with Crippen molar-refractivity contribution in [1.82, 2.24) is 4.90 Å². The van der Waals surface area contributed by atoms with Gasteiger partial charge in [0.25, 0.3) is 0 Å². The van der Waals surface area contributed by atoms with Crippen molar-refractivity contribution >= 4 is 0 Å². The summed E-state index contributed by atoms with van der Waals surface area (Å²) < 4.78 is 25.8. The summed E-state index contributed by atoms with van der Waals surface area (Å²) in [6.07, 6.45) is 0. The minimum atomic E-state index is -0.396. The highest BCUT2D eigenvalue weighted by molar-refractivity contribution is 5.33. The van der Waals surface area contributed by atoms with E-state index in [1.165, 1.54) is 12.1 Å². The molecule has 2 nitrogen and oxygen atoms in total. The molecule has 1 aliphatic heterocycles. The molecule has 4 heteroatoms. The van der Waals surface area contributed by atoms with Crippen LogP contribution in [0.4, 0.5) is 8.78 Å². The Hall–Kier alpha value is -1.47. The van der Waals surface area contributed by atoms with Gasteiger partial charge in [-0.1, -0.05) is 6.92 Å². The van der Waals surface area contributed by atoms with E-state index in [4.69, 9.17) is 5.26 Å². The molecule has 1 aromatic carbocycles. The number of halogens is 2. The van der Waals surface area contributed by atoms with Gasteiger partial charge in [0.2, 0.25) is 0 Å². The van der Waals surface area contributed by atoms with E-state index in [9.17, 15) is 8.78 Å². The fourth-order valence-corrected chi connectivity index (χ4v) is 2.29. The largest absolute Gasteiger partial charge is 0.298 e. The molecule has 0 N–H and O–H groups in total. The van der Waals surface area contributed by atoms with Crippen molar-refractivity contribution < 1.29 is 8.78 Å². The molecule has 0 unspecified atom stereocenters. The van der Waals surface area contributed by atoms with Crippen LogP contribution in [0.3, 0.4) is 0 Å². The highest BCUT2D eigenvalue weighted by Gasteiger charge is 2.38. The van der Waals surface area contributed by atoms with Crippen molar-refractivity contribution in [2.45, 2.75) is 13.5 Å². The molecule has 0 aromatic heterocycles. The summed E-state index contributed by atoms with van der Waals surface area (Å²) in [7, 11) is 0. The van der Waals surface area contributed by atoms with Crippen LogP contribution in [0.25, 0.3) is 0 Å². The van der Waals surface area contributed by atoms with Gasteiger partial charge in [-0.05, 0) is 23.8 Å². The Morgan fingerprint density at radius 3 is 2.71 bits per heavy atom. The summed E-state index contributed by atoms with van der Waals surface area (Å²) in [6.45, 7) is 3.51. The summed E-state index contributed by atoms with van der Waals surface area (Å²) >= 11 is 0. The Morgan fingerprint density at radius 1 is 1.41 bits per heavy atom. The number of nitrogens with zero attached hydrogens (tertiary/aromatic N) is 2. The van der Waals surface area contributed by atoms with Gasteiger partial charge in [-0.15, -0.1) is 0 Å². The molecule has 0 saturated carbocycles. The number of rotatable bonds is 3. The zero-order chi connectivity index (χ0) is 12.5. The van der Waals surface area contributed by atoms with Gasteiger partial charge in [0.1, 0.15) is 5.82 Å². The van der Waals surface area contributed by atoms with Crippen LogP contribution in [0.15, 0.2) is 18.2 Å². The van der Waals surface area contributed by atoms with Crippen LogP contribution < -0.4 is 0 Å². The number of likely N-dealkylation sites (tertiary alicyclic amines) is 1. The topological polar surface area (TPSA) is 27.0 Å². The fourth-order valence-electron chi connectivity index (χ4n) is 2.29. The molecule has 1 fully saturated rings. The van der Waals surface area contributed by atoms with Gasteiger partial charge in [0.15, 0.2) is 0 Å². The summed E-state index contributed by atoms with van der Waals surface area (Å²) in [4.78, 5) is 2.05. The highest BCUT2D eigenvalue weighted by atomic mass is 19.1. The zero-order valence-electron chi connectivity index (χ0n) is 9.71. The Kier molecular flexibility index (Phi) is 3.12. The molecule has 1 saturated heterocycles. The molecule has 1 heterocycles. The molecule has 1 aromatic rings. The van der Waals surface area contributed by atoms with E-state index in [0.29, 0.717) is 25.2 Å². The standard InChI is InChI=1S/C13H14F2N2/c1-13(7-14)8-17(9-13)6-11-2-10(5-16)3-12(15)4-11/h2-4H,6-9H2,1H3. The average Bonchev–Trinajstić information content (AvgIpc) is 2.26. The molecule has 0 aliphatic carbocycles. The Bertz CT molecular complexity index is 459. The van der Waals surface area contributed by atoms with Gasteiger partial charge in [-0.2, -0.15) is 5.26 Å². The molecule has 0 atom stereocenters. The van der Waals surface area contributed by atoms with E-state index in [-0.39, 0.29) is 12.1 Å². The van der Waals surface area contributed by atoms with Crippen LogP contribution in [-0.4, -0.2) is 24.7 Å². The zero-order valence-corrected chi connectivity index (χ0v) is 9.71. The second kappa shape index (κ2) is 4.42. The van der Waals surface area contributed by atoms with Crippen LogP contribution in [0, 0.1) is 22.6 Å². The van der Waals surface area contributed by atoms with Crippen molar-refractivity contribution in [1.29, 1.82) is 5.26 Å². The van der Waals surface area contributed by atoms with Crippen molar-refractivity contribution in [3.05, 3.63) is 35.1 Å². The lowest BCUT2D eigenvalue weighted by Crippen LogP contribution is -2.55. The fraction of sp³-hybridized carbons (Fsp3) is 0.462. The van der Waals surface area contributed by atoms with E-state index >= 15 is 0 Å². The molecule has 0 spiro atoms. The van der Waals surface area contributed by atoms with Crippen LogP contribution >= 0.6 is 0 Å². The van der Waals surface area contributed by atoms with Crippen molar-refractivity contribution in [2.75, 3.05) is 19.8 Å². The van der Waals surface area contributed by atoms with Crippen LogP contribution in [0.1, 0.15) is 18.1 Å². The number of hydrogen-bond donors (Lipinski definition) is 0. The minimum absolute atomic E-state index is 0.245. The van der Waals surface area contributed by atoms with Crippen molar-refractivity contribution in [3.63, 3.8) is 0 Å². The van der Waals surface area contributed by atoms with Crippen molar-refractivity contribution in [3.8, 4) is 6.07 Å². The van der Waals surface area contributed by atoms with Gasteiger partial charge in [-0.25, -0.2) is 4.39 Å². The van der Waals surface area contributed by atoms with E-state index in [1.54, 1.807) is 6.07 Å². The molecule has 0 bridgehead atoms. The summed E-state index contributed by atoms with van der Waals surface area (Å²) in [6, 6.07) is 6.24. The molecule has 1 aliphatic rings. The van der Waals surface area contributed by atoms with Crippen LogP contribution in [-0.2, 0) is 6.54 Å². The number of benzene rings is 1. The SMILES string of the molecule is CC1(CF)CN(Cc2cc(F)cc(C#N)c2)C1. The Balaban J connectivity index is 2.01. The predicted molar refractivity (Wildman–Crippen MR) is 60.5 cm³/mol. The van der Waals surface area contributed by atoms with E-state index < -0.39 is 5.82 Å². The van der Waals surface area contributed by atoms with Gasteiger partial charge in [0, 0.05) is 25.0 Å². The first kappa shape index (κ1) is 12.0. The maximum absolute atomic E-state index is 13.2. The molecule has 2 rings (SSSR count). The summed E-state index contributed by atoms with van der Waals surface area (Å²) in [5.74, 6) is -0.396. The summed E-state index contributed by atoms with van der Waals surface area (Å²) in [5.41, 5.74) is 0.849. The second-order valence-electron chi connectivity index (χ2n) is 5.05. The minimum Gasteiger partial charge on any atom is -0.298 e. The molecule has 0 amide bonds. The number of nitriles is 1. The lowest BCUT2D eigenvalue weighted by atomic mass is 9.83. The molecular weight excluding hydrogens is 222 g/mol. The molecule has 0 radical (unpaired) electrons. The van der Waals surface area contributed by atoms with Gasteiger partial charge in [0.05, 0.1) is 18.3 Å². The quantitative estimate of drug-likeness (QED) is 0.806. The third-order valence-corrected chi connectivity index (χ3v) is 3.03. The third kappa shape index (κ3) is 2.62. The number of hydrogen-bond acceptors (Lipinski definition) is 2. The maximum atomic E-state index is 13.2. The number of alkyl halides is 1. The highest BCUT2D eigenvalue weighted by Crippen LogP contribution is 2.31. The molecular formula is C13H14F2N2. The van der Waals surface area contributed by atoms with Crippen molar-refractivity contribution in [2.24, 2.45) is 5.41 Å². The van der Waals surface area contributed by atoms with Gasteiger partial charge >= 0.3 is 0 Å². The van der Waals surface area contributed by atoms with E-state index in [0.717, 1.165) is 5.56 Å². The summed E-state index contributed by atoms with van der Waals surface area (Å²) in [5, 5.41) is 8.73. The van der Waals surface area contributed by atoms with Crippen LogP contribution in [0.2, 0.25) is 0 Å². The average molecular weight is 236 g/mol. The second-order valence-corrected chi connectivity index (χ2v) is 5.05. The predicted octanol–water partition coefficient (Wildman–Crippen LogP) is 2.49. The lowest BCUT2D eigenvalue weighted by Gasteiger charge is -2.46. The smallest absolute Gasteiger partial charge is 0.124 e. The van der Waals surface area contributed by atoms with E-state index in [1.807, 2.05) is 13.0 Å². The van der Waals surface area contributed by atoms with Crippen LogP contribution in [0.5, 0.6) is 0 Å². The lowest BCUT2D eigenvalue weighted by molar-refractivity contribution is -0.00905. The first-order valence-corrected chi connectivity index (χ1v) is 5.52.